The van der Waals surface area contributed by atoms with Crippen molar-refractivity contribution in [3.8, 4) is 6.07 Å². The van der Waals surface area contributed by atoms with E-state index in [4.69, 9.17) is 0 Å². The molecule has 2 N–H and O–H groups in total. The van der Waals surface area contributed by atoms with Gasteiger partial charge in [0.15, 0.2) is 18.6 Å². The first kappa shape index (κ1) is 22.1. The maximum Gasteiger partial charge on any atom is 0.272 e. The summed E-state index contributed by atoms with van der Waals surface area (Å²) in [5.41, 5.74) is 1.74. The molecule has 2 aromatic carbocycles. The summed E-state index contributed by atoms with van der Waals surface area (Å²) in [5.74, 6) is 0.185. The number of nitrogens with zero attached hydrogens (tertiary/aromatic N) is 4. The lowest BCUT2D eigenvalue weighted by Gasteiger charge is -2.33. The van der Waals surface area contributed by atoms with Gasteiger partial charge in [-0.25, -0.2) is 19.4 Å². The summed E-state index contributed by atoms with van der Waals surface area (Å²) in [6, 6.07) is 17.7. The Bertz CT molecular complexity index is 1470. The molecule has 0 atom stereocenters. The summed E-state index contributed by atoms with van der Waals surface area (Å²) >= 11 is 0. The van der Waals surface area contributed by atoms with Gasteiger partial charge in [0.25, 0.3) is 5.56 Å². The van der Waals surface area contributed by atoms with Crippen molar-refractivity contribution >= 4 is 29.4 Å². The fraction of sp³-hybridized carbons (Fsp3) is 0.200. The van der Waals surface area contributed by atoms with Gasteiger partial charge < -0.3 is 4.90 Å². The largest absolute Gasteiger partial charge is 0.348 e. The molecule has 5 rings (SSSR count). The molecular weight excluding hydrogens is 452 g/mol. The predicted molar refractivity (Wildman–Crippen MR) is 131 cm³/mol. The summed E-state index contributed by atoms with van der Waals surface area (Å²) in [4.78, 5) is 29.9. The quantitative estimate of drug-likeness (QED) is 0.441. The number of aromatic amines is 1. The highest BCUT2D eigenvalue weighted by Gasteiger charge is 2.45. The van der Waals surface area contributed by atoms with Gasteiger partial charge in [-0.3, -0.25) is 4.79 Å². The maximum absolute atomic E-state index is 14.9. The van der Waals surface area contributed by atoms with E-state index in [1.807, 2.05) is 17.0 Å². The number of nitrogens with one attached hydrogen (secondary N) is 1. The van der Waals surface area contributed by atoms with Gasteiger partial charge in [-0.2, -0.15) is 10.4 Å². The number of hydrogen-bond acceptors (Lipinski definition) is 6. The van der Waals surface area contributed by atoms with Crippen LogP contribution in [0.2, 0.25) is 0 Å². The number of nitriles is 1. The minimum absolute atomic E-state index is 0.251. The SMILES string of the molecule is N#Cc1cccnc1N1CC[P+](O)(c2cc(Cc3n[nH]c(=O)c4ccccc34)ccc2F)CC1. The molecule has 170 valence electrons. The Hall–Kier alpha value is -3.66. The number of pyridine rings is 1. The van der Waals surface area contributed by atoms with Crippen molar-refractivity contribution in [2.24, 2.45) is 0 Å². The van der Waals surface area contributed by atoms with Crippen molar-refractivity contribution in [1.82, 2.24) is 15.2 Å². The Kier molecular flexibility index (Phi) is 5.82. The van der Waals surface area contributed by atoms with E-state index in [-0.39, 0.29) is 5.56 Å². The Labute approximate surface area is 195 Å². The zero-order valence-corrected chi connectivity index (χ0v) is 19.2. The summed E-state index contributed by atoms with van der Waals surface area (Å²) in [6.45, 7) is 0.984. The fourth-order valence-corrected chi connectivity index (χ4v) is 7.20. The van der Waals surface area contributed by atoms with Crippen LogP contribution in [0.15, 0.2) is 65.6 Å². The first-order valence-corrected chi connectivity index (χ1v) is 13.0. The topological polar surface area (TPSA) is 106 Å². The maximum atomic E-state index is 14.9. The molecule has 0 saturated carbocycles. The zero-order valence-electron chi connectivity index (χ0n) is 18.3. The van der Waals surface area contributed by atoms with Gasteiger partial charge in [0, 0.05) is 18.0 Å². The molecule has 34 heavy (non-hydrogen) atoms. The van der Waals surface area contributed by atoms with Crippen LogP contribution < -0.4 is 15.8 Å². The van der Waals surface area contributed by atoms with Crippen LogP contribution in [0.25, 0.3) is 10.8 Å². The number of aromatic nitrogens is 3. The van der Waals surface area contributed by atoms with Crippen molar-refractivity contribution < 1.29 is 9.28 Å². The molecule has 7 nitrogen and oxygen atoms in total. The molecule has 9 heteroatoms. The van der Waals surface area contributed by atoms with Gasteiger partial charge >= 0.3 is 0 Å². The minimum atomic E-state index is -2.73. The van der Waals surface area contributed by atoms with Crippen LogP contribution in [0.3, 0.4) is 0 Å². The third-order valence-corrected chi connectivity index (χ3v) is 9.41. The molecule has 3 heterocycles. The third-order valence-electron chi connectivity index (χ3n) is 6.29. The molecule has 4 aromatic rings. The lowest BCUT2D eigenvalue weighted by molar-refractivity contribution is 0.586. The van der Waals surface area contributed by atoms with Crippen molar-refractivity contribution in [2.75, 3.05) is 30.3 Å². The third kappa shape index (κ3) is 4.05. The zero-order chi connectivity index (χ0) is 23.7. The van der Waals surface area contributed by atoms with Gasteiger partial charge in [0.1, 0.15) is 24.2 Å². The Morgan fingerprint density at radius 2 is 1.88 bits per heavy atom. The summed E-state index contributed by atoms with van der Waals surface area (Å²) in [6.07, 6.45) is 2.86. The second-order valence-electron chi connectivity index (χ2n) is 8.35. The Balaban J connectivity index is 1.41. The molecular formula is C25H22FN5O2P+. The standard InChI is InChI=1S/C25H21FN5O2P/c26-21-8-7-17(14-22-19-5-1-2-6-20(19)25(32)30-29-22)15-23(21)34(33)12-10-31(11-13-34)24-18(16-27)4-3-9-28-24/h1-9,15,33H,10-14H2/p+1. The van der Waals surface area contributed by atoms with E-state index >= 15 is 0 Å². The minimum Gasteiger partial charge on any atom is -0.348 e. The summed E-state index contributed by atoms with van der Waals surface area (Å²) in [7, 11) is -2.73. The number of fused-ring (bicyclic) bond motifs is 1. The van der Waals surface area contributed by atoms with Crippen LogP contribution in [0, 0.1) is 17.1 Å². The smallest absolute Gasteiger partial charge is 0.272 e. The van der Waals surface area contributed by atoms with Gasteiger partial charge in [-0.1, -0.05) is 24.3 Å². The number of hydrogen-bond donors (Lipinski definition) is 2. The Morgan fingerprint density at radius 1 is 1.12 bits per heavy atom. The Morgan fingerprint density at radius 3 is 2.65 bits per heavy atom. The molecule has 0 radical (unpaired) electrons. The van der Waals surface area contributed by atoms with Crippen LogP contribution in [-0.4, -0.2) is 45.5 Å². The number of rotatable bonds is 4. The molecule has 0 unspecified atom stereocenters. The van der Waals surface area contributed by atoms with Crippen LogP contribution in [0.1, 0.15) is 16.8 Å². The van der Waals surface area contributed by atoms with Crippen molar-refractivity contribution in [3.63, 3.8) is 0 Å². The molecule has 1 aliphatic heterocycles. The van der Waals surface area contributed by atoms with E-state index in [9.17, 15) is 19.3 Å². The van der Waals surface area contributed by atoms with Crippen LogP contribution in [-0.2, 0) is 6.42 Å². The summed E-state index contributed by atoms with van der Waals surface area (Å²) in [5, 5.41) is 17.8. The van der Waals surface area contributed by atoms with E-state index in [0.29, 0.717) is 59.6 Å². The van der Waals surface area contributed by atoms with Crippen molar-refractivity contribution in [1.29, 1.82) is 5.26 Å². The highest BCUT2D eigenvalue weighted by molar-refractivity contribution is 7.77. The van der Waals surface area contributed by atoms with Gasteiger partial charge in [0.2, 0.25) is 0 Å². The second-order valence-corrected chi connectivity index (χ2v) is 11.6. The molecule has 0 aliphatic carbocycles. The highest BCUT2D eigenvalue weighted by Crippen LogP contribution is 2.55. The van der Waals surface area contributed by atoms with Crippen LogP contribution in [0.4, 0.5) is 10.2 Å². The monoisotopic (exact) mass is 474 g/mol. The molecule has 2 aromatic heterocycles. The lowest BCUT2D eigenvalue weighted by Crippen LogP contribution is -2.40. The van der Waals surface area contributed by atoms with Crippen LogP contribution >= 0.6 is 7.49 Å². The highest BCUT2D eigenvalue weighted by atomic mass is 31.2. The molecule has 0 bridgehead atoms. The average molecular weight is 474 g/mol. The van der Waals surface area contributed by atoms with E-state index < -0.39 is 13.3 Å². The van der Waals surface area contributed by atoms with E-state index in [1.54, 1.807) is 42.6 Å². The van der Waals surface area contributed by atoms with Crippen molar-refractivity contribution in [2.45, 2.75) is 6.42 Å². The molecule has 1 fully saturated rings. The predicted octanol–water partition coefficient (Wildman–Crippen LogP) is 2.99. The van der Waals surface area contributed by atoms with Crippen LogP contribution in [0.5, 0.6) is 0 Å². The van der Waals surface area contributed by atoms with Gasteiger partial charge in [-0.05, 0) is 35.9 Å². The first-order valence-electron chi connectivity index (χ1n) is 10.9. The van der Waals surface area contributed by atoms with E-state index in [0.717, 1.165) is 10.9 Å². The van der Waals surface area contributed by atoms with Gasteiger partial charge in [-0.15, -0.1) is 0 Å². The fourth-order valence-electron chi connectivity index (χ4n) is 4.47. The molecule has 1 saturated heterocycles. The number of H-pyrrole nitrogens is 1. The van der Waals surface area contributed by atoms with E-state index in [1.165, 1.54) is 6.07 Å². The van der Waals surface area contributed by atoms with E-state index in [2.05, 4.69) is 21.3 Å². The molecule has 1 aliphatic rings. The average Bonchev–Trinajstić information content (AvgIpc) is 2.87. The number of anilines is 1. The molecule has 0 spiro atoms. The normalized spacial score (nSPS) is 15.3. The molecule has 0 amide bonds. The van der Waals surface area contributed by atoms with Gasteiger partial charge in [0.05, 0.1) is 29.7 Å². The van der Waals surface area contributed by atoms with Crippen molar-refractivity contribution in [3.05, 3.63) is 93.8 Å². The summed E-state index contributed by atoms with van der Waals surface area (Å²) < 4.78 is 14.9. The number of benzene rings is 2. The lowest BCUT2D eigenvalue weighted by atomic mass is 10.0. The number of halogens is 1. The first-order chi connectivity index (χ1) is 16.5. The second kappa shape index (κ2) is 8.94.